The molecule has 0 saturated heterocycles. The molecule has 0 aliphatic heterocycles. The number of pyridine rings is 1. The largest absolute Gasteiger partial charge is 0.349 e. The number of rotatable bonds is 7. The Labute approximate surface area is 174 Å². The number of hydrogen-bond acceptors (Lipinski definition) is 4. The van der Waals surface area contributed by atoms with Gasteiger partial charge in [-0.05, 0) is 49.6 Å². The quantitative estimate of drug-likeness (QED) is 0.616. The average Bonchev–Trinajstić information content (AvgIpc) is 2.72. The van der Waals surface area contributed by atoms with Crippen LogP contribution in [0.4, 0.5) is 0 Å². The van der Waals surface area contributed by atoms with Gasteiger partial charge >= 0.3 is 0 Å². The highest BCUT2D eigenvalue weighted by Crippen LogP contribution is 2.19. The number of aromatic amines is 1. The fourth-order valence-electron chi connectivity index (χ4n) is 3.17. The minimum absolute atomic E-state index is 0.0914. The van der Waals surface area contributed by atoms with Crippen molar-refractivity contribution >= 4 is 17.5 Å². The molecule has 1 aromatic carbocycles. The van der Waals surface area contributed by atoms with Gasteiger partial charge in [0, 0.05) is 40.7 Å². The maximum absolute atomic E-state index is 12.5. The predicted octanol–water partition coefficient (Wildman–Crippen LogP) is 3.99. The van der Waals surface area contributed by atoms with E-state index in [1.54, 1.807) is 31.5 Å². The molecule has 2 heterocycles. The van der Waals surface area contributed by atoms with Crippen LogP contribution in [-0.4, -0.2) is 20.9 Å². The first kappa shape index (κ1) is 20.7. The summed E-state index contributed by atoms with van der Waals surface area (Å²) in [7, 11) is 0. The molecule has 3 rings (SSSR count). The molecule has 0 aliphatic carbocycles. The number of aryl methyl sites for hydroxylation is 1. The second-order valence-electron chi connectivity index (χ2n) is 6.79. The van der Waals surface area contributed by atoms with Crippen molar-refractivity contribution in [3.05, 3.63) is 81.0 Å². The van der Waals surface area contributed by atoms with Gasteiger partial charge < -0.3 is 10.3 Å². The van der Waals surface area contributed by atoms with Crippen molar-refractivity contribution in [2.24, 2.45) is 0 Å². The second-order valence-corrected chi connectivity index (χ2v) is 7.23. The molecule has 29 heavy (non-hydrogen) atoms. The van der Waals surface area contributed by atoms with Crippen molar-refractivity contribution in [2.75, 3.05) is 0 Å². The first-order valence-electron chi connectivity index (χ1n) is 9.53. The lowest BCUT2D eigenvalue weighted by Crippen LogP contribution is -2.29. The summed E-state index contributed by atoms with van der Waals surface area (Å²) >= 11 is 5.93. The molecule has 0 bridgehead atoms. The topological polar surface area (TPSA) is 87.7 Å². The molecule has 0 spiro atoms. The summed E-state index contributed by atoms with van der Waals surface area (Å²) in [6.07, 6.45) is 4.59. The van der Waals surface area contributed by atoms with Crippen LogP contribution >= 0.6 is 11.6 Å². The van der Waals surface area contributed by atoms with Crippen LogP contribution in [-0.2, 0) is 11.2 Å². The van der Waals surface area contributed by atoms with Gasteiger partial charge in [0.05, 0.1) is 6.04 Å². The highest BCUT2D eigenvalue weighted by molar-refractivity contribution is 6.30. The summed E-state index contributed by atoms with van der Waals surface area (Å²) < 4.78 is 0. The highest BCUT2D eigenvalue weighted by Gasteiger charge is 2.15. The van der Waals surface area contributed by atoms with Crippen molar-refractivity contribution < 1.29 is 4.79 Å². The van der Waals surface area contributed by atoms with Crippen molar-refractivity contribution in [1.82, 2.24) is 20.3 Å². The molecule has 0 aliphatic rings. The van der Waals surface area contributed by atoms with Crippen molar-refractivity contribution in [3.63, 3.8) is 0 Å². The van der Waals surface area contributed by atoms with Crippen molar-refractivity contribution in [1.29, 1.82) is 0 Å². The molecular weight excluding hydrogens is 388 g/mol. The van der Waals surface area contributed by atoms with Gasteiger partial charge in [-0.2, -0.15) is 0 Å². The predicted molar refractivity (Wildman–Crippen MR) is 114 cm³/mol. The summed E-state index contributed by atoms with van der Waals surface area (Å²) in [5, 5.41) is 3.69. The lowest BCUT2D eigenvalue weighted by atomic mass is 10.0. The Morgan fingerprint density at radius 2 is 1.86 bits per heavy atom. The number of carbonyl (C=O) groups is 1. The lowest BCUT2D eigenvalue weighted by molar-refractivity contribution is -0.121. The number of H-pyrrole nitrogens is 1. The van der Waals surface area contributed by atoms with Crippen LogP contribution in [0.3, 0.4) is 0 Å². The molecular formula is C22H23ClN4O2. The van der Waals surface area contributed by atoms with Gasteiger partial charge in [-0.15, -0.1) is 0 Å². The van der Waals surface area contributed by atoms with E-state index in [0.29, 0.717) is 28.5 Å². The van der Waals surface area contributed by atoms with E-state index in [2.05, 4.69) is 20.3 Å². The van der Waals surface area contributed by atoms with E-state index in [4.69, 9.17) is 11.6 Å². The number of aromatic nitrogens is 3. The number of hydrogen-bond donors (Lipinski definition) is 2. The molecule has 150 valence electrons. The minimum Gasteiger partial charge on any atom is -0.349 e. The summed E-state index contributed by atoms with van der Waals surface area (Å²) in [6, 6.07) is 10.9. The molecule has 6 nitrogen and oxygen atoms in total. The summed E-state index contributed by atoms with van der Waals surface area (Å²) in [4.78, 5) is 36.2. The first-order valence-corrected chi connectivity index (χ1v) is 9.90. The Bertz CT molecular complexity index is 1030. The monoisotopic (exact) mass is 410 g/mol. The van der Waals surface area contributed by atoms with Crippen molar-refractivity contribution in [3.8, 4) is 11.4 Å². The third kappa shape index (κ3) is 5.29. The molecule has 1 amide bonds. The Morgan fingerprint density at radius 3 is 2.48 bits per heavy atom. The number of benzene rings is 1. The van der Waals surface area contributed by atoms with Crippen LogP contribution in [0.25, 0.3) is 11.4 Å². The van der Waals surface area contributed by atoms with Gasteiger partial charge in [0.15, 0.2) is 0 Å². The normalized spacial score (nSPS) is 11.8. The molecule has 7 heteroatoms. The van der Waals surface area contributed by atoms with Crippen LogP contribution in [0.2, 0.25) is 5.02 Å². The number of nitrogens with one attached hydrogen (secondary N) is 2. The van der Waals surface area contributed by atoms with Crippen LogP contribution < -0.4 is 10.9 Å². The average molecular weight is 411 g/mol. The highest BCUT2D eigenvalue weighted by atomic mass is 35.5. The minimum atomic E-state index is -0.221. The lowest BCUT2D eigenvalue weighted by Gasteiger charge is -2.17. The maximum atomic E-state index is 12.5. The van der Waals surface area contributed by atoms with E-state index < -0.39 is 0 Å². The molecule has 0 fully saturated rings. The van der Waals surface area contributed by atoms with E-state index in [1.807, 2.05) is 31.2 Å². The van der Waals surface area contributed by atoms with Crippen molar-refractivity contribution in [2.45, 2.75) is 39.2 Å². The van der Waals surface area contributed by atoms with E-state index in [9.17, 15) is 9.59 Å². The second kappa shape index (κ2) is 9.47. The smallest absolute Gasteiger partial charge is 0.254 e. The van der Waals surface area contributed by atoms with E-state index in [-0.39, 0.29) is 23.9 Å². The third-order valence-corrected chi connectivity index (χ3v) is 5.05. The molecule has 0 radical (unpaired) electrons. The third-order valence-electron chi connectivity index (χ3n) is 4.79. The van der Waals surface area contributed by atoms with E-state index >= 15 is 0 Å². The molecule has 1 unspecified atom stereocenters. The van der Waals surface area contributed by atoms with Gasteiger partial charge in [-0.1, -0.05) is 30.7 Å². The van der Waals surface area contributed by atoms with E-state index in [0.717, 1.165) is 17.5 Å². The van der Waals surface area contributed by atoms with Gasteiger partial charge in [0.25, 0.3) is 5.56 Å². The molecule has 0 saturated carbocycles. The Balaban J connectivity index is 1.67. The molecule has 2 N–H and O–H groups in total. The molecule has 3 aromatic rings. The Hall–Kier alpha value is -2.99. The van der Waals surface area contributed by atoms with Crippen LogP contribution in [0, 0.1) is 6.92 Å². The van der Waals surface area contributed by atoms with E-state index in [1.165, 1.54) is 0 Å². The van der Waals surface area contributed by atoms with Crippen LogP contribution in [0.15, 0.2) is 53.6 Å². The van der Waals surface area contributed by atoms with Gasteiger partial charge in [0.1, 0.15) is 5.82 Å². The Kier molecular flexibility index (Phi) is 6.77. The number of halogens is 1. The van der Waals surface area contributed by atoms with Gasteiger partial charge in [-0.25, -0.2) is 4.98 Å². The standard InChI is InChI=1S/C22H23ClN4O2/c1-3-19(15-4-6-17(23)7-5-15)26-20(28)9-8-18-14(2)25-21(27-22(18)29)16-10-12-24-13-11-16/h4-7,10-13,19H,3,8-9H2,1-2H3,(H,26,28)(H,25,27,29). The van der Waals surface area contributed by atoms with Crippen LogP contribution in [0.1, 0.15) is 42.6 Å². The summed E-state index contributed by atoms with van der Waals surface area (Å²) in [6.45, 7) is 3.80. The van der Waals surface area contributed by atoms with Gasteiger partial charge in [-0.3, -0.25) is 14.6 Å². The number of nitrogens with zero attached hydrogens (tertiary/aromatic N) is 2. The zero-order valence-corrected chi connectivity index (χ0v) is 17.2. The fourth-order valence-corrected chi connectivity index (χ4v) is 3.30. The van der Waals surface area contributed by atoms with Crippen LogP contribution in [0.5, 0.6) is 0 Å². The Morgan fingerprint density at radius 1 is 1.17 bits per heavy atom. The zero-order valence-electron chi connectivity index (χ0n) is 16.4. The number of carbonyl (C=O) groups excluding carboxylic acids is 1. The summed E-state index contributed by atoms with van der Waals surface area (Å²) in [5.74, 6) is 0.390. The molecule has 1 atom stereocenters. The fraction of sp³-hybridized carbons (Fsp3) is 0.273. The maximum Gasteiger partial charge on any atom is 0.254 e. The SMILES string of the molecule is CCC(NC(=O)CCc1c(C)nc(-c2ccncc2)[nH]c1=O)c1ccc(Cl)cc1. The van der Waals surface area contributed by atoms with Gasteiger partial charge in [0.2, 0.25) is 5.91 Å². The first-order chi connectivity index (χ1) is 14.0. The number of amides is 1. The molecule has 2 aromatic heterocycles. The zero-order chi connectivity index (χ0) is 20.8. The summed E-state index contributed by atoms with van der Waals surface area (Å²) in [5.41, 5.74) is 2.72.